The lowest BCUT2D eigenvalue weighted by atomic mass is 9.80. The number of aliphatic hydroxyl groups excluding tert-OH is 1. The fourth-order valence-electron chi connectivity index (χ4n) is 2.81. The molecule has 0 aliphatic heterocycles. The van der Waals surface area contributed by atoms with Gasteiger partial charge in [0.2, 0.25) is 0 Å². The van der Waals surface area contributed by atoms with E-state index in [1.54, 1.807) is 7.05 Å². The maximum absolute atomic E-state index is 10.8. The average Bonchev–Trinajstić information content (AvgIpc) is 2.45. The summed E-state index contributed by atoms with van der Waals surface area (Å²) in [5.41, 5.74) is 2.16. The Kier molecular flexibility index (Phi) is 10.8. The van der Waals surface area contributed by atoms with Gasteiger partial charge in [-0.05, 0) is 18.8 Å². The van der Waals surface area contributed by atoms with Crippen molar-refractivity contribution in [2.75, 3.05) is 13.7 Å². The van der Waals surface area contributed by atoms with Gasteiger partial charge in [-0.25, -0.2) is 0 Å². The molecule has 0 aliphatic rings. The fourth-order valence-corrected chi connectivity index (χ4v) is 2.81. The van der Waals surface area contributed by atoms with Crippen LogP contribution in [-0.4, -0.2) is 35.2 Å². The first-order chi connectivity index (χ1) is 9.57. The number of rotatable bonds is 12. The van der Waals surface area contributed by atoms with Crippen LogP contribution in [0.1, 0.15) is 72.1 Å². The van der Waals surface area contributed by atoms with Crippen molar-refractivity contribution in [3.63, 3.8) is 0 Å². The predicted molar refractivity (Wildman–Crippen MR) is 86.0 cm³/mol. The van der Waals surface area contributed by atoms with Crippen LogP contribution in [0, 0.1) is 5.92 Å². The van der Waals surface area contributed by atoms with Crippen LogP contribution < -0.4 is 5.43 Å². The van der Waals surface area contributed by atoms with E-state index in [9.17, 15) is 10.2 Å². The molecule has 0 saturated heterocycles. The van der Waals surface area contributed by atoms with Crippen LogP contribution in [0.3, 0.4) is 0 Å². The minimum Gasteiger partial charge on any atom is -0.390 e. The van der Waals surface area contributed by atoms with Crippen molar-refractivity contribution >= 4 is 5.71 Å². The third-order valence-corrected chi connectivity index (χ3v) is 4.06. The monoisotopic (exact) mass is 286 g/mol. The van der Waals surface area contributed by atoms with E-state index >= 15 is 0 Å². The highest BCUT2D eigenvalue weighted by Crippen LogP contribution is 2.29. The van der Waals surface area contributed by atoms with Gasteiger partial charge in [-0.15, -0.1) is 0 Å². The van der Waals surface area contributed by atoms with Crippen LogP contribution in [-0.2, 0) is 0 Å². The third kappa shape index (κ3) is 6.71. The van der Waals surface area contributed by atoms with E-state index in [1.807, 2.05) is 6.92 Å². The second-order valence-corrected chi connectivity index (χ2v) is 5.68. The number of unbranched alkanes of at least 4 members (excludes halogenated alkanes) is 2. The summed E-state index contributed by atoms with van der Waals surface area (Å²) >= 11 is 0. The molecule has 0 aromatic heterocycles. The molecule has 0 heterocycles. The molecule has 0 saturated carbocycles. The molecule has 20 heavy (non-hydrogen) atoms. The molecular formula is C16H34N2O2. The molecule has 0 bridgehead atoms. The summed E-state index contributed by atoms with van der Waals surface area (Å²) in [6.45, 7) is 6.15. The van der Waals surface area contributed by atoms with Crippen LogP contribution in [0.5, 0.6) is 0 Å². The summed E-state index contributed by atoms with van der Waals surface area (Å²) in [7, 11) is 1.69. The zero-order valence-electron chi connectivity index (χ0n) is 13.8. The smallest absolute Gasteiger partial charge is 0.107 e. The largest absolute Gasteiger partial charge is 0.390 e. The summed E-state index contributed by atoms with van der Waals surface area (Å²) in [4.78, 5) is 0. The van der Waals surface area contributed by atoms with E-state index in [1.165, 1.54) is 19.3 Å². The number of nitrogens with zero attached hydrogens (tertiary/aromatic N) is 1. The van der Waals surface area contributed by atoms with E-state index < -0.39 is 5.60 Å². The van der Waals surface area contributed by atoms with Crippen LogP contribution in [0.15, 0.2) is 5.10 Å². The van der Waals surface area contributed by atoms with Crippen LogP contribution in [0.25, 0.3) is 0 Å². The Balaban J connectivity index is 4.78. The molecule has 4 heteroatoms. The first kappa shape index (κ1) is 19.4. The standard InChI is InChI=1S/C16H34N2O2/c1-5-8-9-11-14(10-6-2)12-16(20,7-3)15(13-19)18-17-4/h14,17,19-20H,5-13H2,1-4H3/b18-15+. The normalized spacial score (nSPS) is 16.8. The number of nitrogens with one attached hydrogen (secondary N) is 1. The fraction of sp³-hybridized carbons (Fsp3) is 0.938. The van der Waals surface area contributed by atoms with E-state index in [0.717, 1.165) is 19.3 Å². The van der Waals surface area contributed by atoms with Gasteiger partial charge in [0.15, 0.2) is 0 Å². The summed E-state index contributed by atoms with van der Waals surface area (Å²) in [6.07, 6.45) is 8.39. The van der Waals surface area contributed by atoms with Crippen LogP contribution in [0.4, 0.5) is 0 Å². The molecule has 120 valence electrons. The molecule has 3 N–H and O–H groups in total. The van der Waals surface area contributed by atoms with Crippen molar-refractivity contribution in [1.82, 2.24) is 5.43 Å². The molecule has 4 nitrogen and oxygen atoms in total. The highest BCUT2D eigenvalue weighted by Gasteiger charge is 2.33. The molecular weight excluding hydrogens is 252 g/mol. The van der Waals surface area contributed by atoms with Crippen molar-refractivity contribution in [3.05, 3.63) is 0 Å². The minimum absolute atomic E-state index is 0.195. The number of hydrogen-bond acceptors (Lipinski definition) is 4. The molecule has 2 unspecified atom stereocenters. The molecule has 0 aromatic carbocycles. The van der Waals surface area contributed by atoms with Gasteiger partial charge in [0.05, 0.1) is 12.3 Å². The Morgan fingerprint density at radius 3 is 2.30 bits per heavy atom. The van der Waals surface area contributed by atoms with E-state index in [0.29, 0.717) is 24.5 Å². The Morgan fingerprint density at radius 2 is 1.85 bits per heavy atom. The Morgan fingerprint density at radius 1 is 1.15 bits per heavy atom. The molecule has 0 spiro atoms. The van der Waals surface area contributed by atoms with Gasteiger partial charge in [-0.3, -0.25) is 0 Å². The van der Waals surface area contributed by atoms with Gasteiger partial charge >= 0.3 is 0 Å². The van der Waals surface area contributed by atoms with Gasteiger partial charge < -0.3 is 15.6 Å². The van der Waals surface area contributed by atoms with E-state index in [2.05, 4.69) is 24.4 Å². The van der Waals surface area contributed by atoms with E-state index in [-0.39, 0.29) is 6.61 Å². The van der Waals surface area contributed by atoms with Crippen LogP contribution in [0.2, 0.25) is 0 Å². The first-order valence-electron chi connectivity index (χ1n) is 8.14. The molecule has 0 radical (unpaired) electrons. The zero-order chi connectivity index (χ0) is 15.4. The van der Waals surface area contributed by atoms with Crippen molar-refractivity contribution in [3.8, 4) is 0 Å². The van der Waals surface area contributed by atoms with Gasteiger partial charge in [-0.1, -0.05) is 59.3 Å². The number of aliphatic hydroxyl groups is 2. The third-order valence-electron chi connectivity index (χ3n) is 4.06. The maximum atomic E-state index is 10.8. The second kappa shape index (κ2) is 11.1. The first-order valence-corrected chi connectivity index (χ1v) is 8.14. The molecule has 0 aromatic rings. The summed E-state index contributed by atoms with van der Waals surface area (Å²) in [6, 6.07) is 0. The Hall–Kier alpha value is -0.610. The average molecular weight is 286 g/mol. The lowest BCUT2D eigenvalue weighted by Crippen LogP contribution is -2.43. The topological polar surface area (TPSA) is 64.8 Å². The lowest BCUT2D eigenvalue weighted by Gasteiger charge is -2.32. The van der Waals surface area contributed by atoms with Gasteiger partial charge in [0.25, 0.3) is 0 Å². The summed E-state index contributed by atoms with van der Waals surface area (Å²) in [5, 5.41) is 24.3. The van der Waals surface area contributed by atoms with Gasteiger partial charge in [0, 0.05) is 7.05 Å². The summed E-state index contributed by atoms with van der Waals surface area (Å²) < 4.78 is 0. The Bertz CT molecular complexity index is 269. The maximum Gasteiger partial charge on any atom is 0.107 e. The molecule has 0 rings (SSSR count). The van der Waals surface area contributed by atoms with Crippen molar-refractivity contribution in [2.24, 2.45) is 11.0 Å². The van der Waals surface area contributed by atoms with Crippen LogP contribution >= 0.6 is 0 Å². The van der Waals surface area contributed by atoms with Gasteiger partial charge in [-0.2, -0.15) is 5.10 Å². The molecule has 0 amide bonds. The lowest BCUT2D eigenvalue weighted by molar-refractivity contribution is 0.0683. The number of hydrogen-bond donors (Lipinski definition) is 3. The van der Waals surface area contributed by atoms with E-state index in [4.69, 9.17) is 0 Å². The quantitative estimate of drug-likeness (QED) is 0.293. The summed E-state index contributed by atoms with van der Waals surface area (Å²) in [5.74, 6) is 0.505. The van der Waals surface area contributed by atoms with Crippen molar-refractivity contribution in [2.45, 2.75) is 77.7 Å². The predicted octanol–water partition coefficient (Wildman–Crippen LogP) is 3.08. The number of hydrazone groups is 1. The molecule has 2 atom stereocenters. The molecule has 0 fully saturated rings. The van der Waals surface area contributed by atoms with Crippen molar-refractivity contribution in [1.29, 1.82) is 0 Å². The highest BCUT2D eigenvalue weighted by atomic mass is 16.3. The zero-order valence-corrected chi connectivity index (χ0v) is 13.8. The highest BCUT2D eigenvalue weighted by molar-refractivity contribution is 5.93. The molecule has 0 aliphatic carbocycles. The second-order valence-electron chi connectivity index (χ2n) is 5.68. The SMILES string of the molecule is CCCCCC(CCC)CC(O)(CC)/C(CO)=N/NC. The van der Waals surface area contributed by atoms with Gasteiger partial charge in [0.1, 0.15) is 5.60 Å². The minimum atomic E-state index is -0.982. The van der Waals surface area contributed by atoms with Crippen molar-refractivity contribution < 1.29 is 10.2 Å². The Labute approximate surface area is 124 Å².